The highest BCUT2D eigenvalue weighted by molar-refractivity contribution is 5.93. The van der Waals surface area contributed by atoms with Gasteiger partial charge in [0.1, 0.15) is 0 Å². The van der Waals surface area contributed by atoms with Crippen molar-refractivity contribution in [1.29, 1.82) is 0 Å². The van der Waals surface area contributed by atoms with Crippen LogP contribution >= 0.6 is 0 Å². The summed E-state index contributed by atoms with van der Waals surface area (Å²) in [6.07, 6.45) is 6.58. The van der Waals surface area contributed by atoms with Crippen molar-refractivity contribution in [3.05, 3.63) is 41.6 Å². The van der Waals surface area contributed by atoms with Gasteiger partial charge < -0.3 is 9.84 Å². The number of halogens is 2. The van der Waals surface area contributed by atoms with E-state index in [1.807, 2.05) is 0 Å². The molecular formula is C17H18F2N2O2. The molecule has 0 saturated heterocycles. The maximum absolute atomic E-state index is 13.3. The van der Waals surface area contributed by atoms with Gasteiger partial charge in [0.05, 0.1) is 0 Å². The zero-order valence-corrected chi connectivity index (χ0v) is 12.6. The highest BCUT2D eigenvalue weighted by Gasteiger charge is 2.19. The summed E-state index contributed by atoms with van der Waals surface area (Å²) in [6, 6.07) is 5.01. The minimum atomic E-state index is -0.969. The van der Waals surface area contributed by atoms with Gasteiger partial charge in [-0.3, -0.25) is 4.79 Å². The molecule has 1 saturated carbocycles. The summed E-state index contributed by atoms with van der Waals surface area (Å²) in [4.78, 5) is 12.2. The van der Waals surface area contributed by atoms with Gasteiger partial charge in [0.2, 0.25) is 0 Å². The molecule has 23 heavy (non-hydrogen) atoms. The van der Waals surface area contributed by atoms with Gasteiger partial charge in [0.25, 0.3) is 5.91 Å². The van der Waals surface area contributed by atoms with Crippen molar-refractivity contribution < 1.29 is 18.1 Å². The summed E-state index contributed by atoms with van der Waals surface area (Å²) in [6.45, 7) is 0. The molecule has 3 rings (SSSR count). The summed E-state index contributed by atoms with van der Waals surface area (Å²) in [5, 5.41) is 6.70. The molecule has 0 unspecified atom stereocenters. The first-order valence-corrected chi connectivity index (χ1v) is 7.86. The van der Waals surface area contributed by atoms with E-state index in [1.54, 1.807) is 0 Å². The van der Waals surface area contributed by atoms with Crippen molar-refractivity contribution >= 4 is 5.91 Å². The van der Waals surface area contributed by atoms with E-state index >= 15 is 0 Å². The summed E-state index contributed by atoms with van der Waals surface area (Å²) in [7, 11) is 0. The van der Waals surface area contributed by atoms with Crippen molar-refractivity contribution in [3.8, 4) is 11.3 Å². The molecular weight excluding hydrogens is 302 g/mol. The van der Waals surface area contributed by atoms with Gasteiger partial charge in [-0.1, -0.05) is 30.8 Å². The minimum absolute atomic E-state index is 0.147. The van der Waals surface area contributed by atoms with Crippen LogP contribution in [-0.4, -0.2) is 17.1 Å². The Labute approximate surface area is 132 Å². The van der Waals surface area contributed by atoms with Crippen LogP contribution < -0.4 is 5.32 Å². The van der Waals surface area contributed by atoms with Crippen LogP contribution in [0.2, 0.25) is 0 Å². The number of aromatic nitrogens is 1. The van der Waals surface area contributed by atoms with Crippen LogP contribution in [0.1, 0.15) is 49.0 Å². The second-order valence-electron chi connectivity index (χ2n) is 5.87. The molecule has 1 aromatic heterocycles. The second-order valence-corrected chi connectivity index (χ2v) is 5.87. The zero-order chi connectivity index (χ0) is 16.2. The third-order valence-corrected chi connectivity index (χ3v) is 4.14. The van der Waals surface area contributed by atoms with E-state index in [1.165, 1.54) is 25.0 Å². The molecule has 1 fully saturated rings. The van der Waals surface area contributed by atoms with Gasteiger partial charge in [-0.2, -0.15) is 0 Å². The third kappa shape index (κ3) is 3.75. The van der Waals surface area contributed by atoms with E-state index in [4.69, 9.17) is 4.52 Å². The molecule has 1 aliphatic carbocycles. The van der Waals surface area contributed by atoms with E-state index in [0.717, 1.165) is 37.8 Å². The molecule has 0 spiro atoms. The summed E-state index contributed by atoms with van der Waals surface area (Å²) >= 11 is 0. The van der Waals surface area contributed by atoms with Crippen LogP contribution in [0, 0.1) is 11.6 Å². The van der Waals surface area contributed by atoms with Gasteiger partial charge in [-0.05, 0) is 31.0 Å². The lowest BCUT2D eigenvalue weighted by atomic mass is 10.1. The largest absolute Gasteiger partial charge is 0.355 e. The monoisotopic (exact) mass is 320 g/mol. The van der Waals surface area contributed by atoms with Crippen LogP contribution in [0.15, 0.2) is 28.8 Å². The first-order chi connectivity index (χ1) is 11.1. The number of nitrogens with one attached hydrogen (secondary N) is 1. The number of hydrogen-bond donors (Lipinski definition) is 1. The Morgan fingerprint density at radius 2 is 1.83 bits per heavy atom. The third-order valence-electron chi connectivity index (χ3n) is 4.14. The lowest BCUT2D eigenvalue weighted by Gasteiger charge is -2.14. The number of nitrogens with zero attached hydrogens (tertiary/aromatic N) is 1. The first kappa shape index (κ1) is 15.6. The Morgan fingerprint density at radius 3 is 2.52 bits per heavy atom. The van der Waals surface area contributed by atoms with Crippen LogP contribution in [-0.2, 0) is 0 Å². The molecule has 0 atom stereocenters. The molecule has 0 aliphatic heterocycles. The highest BCUT2D eigenvalue weighted by Crippen LogP contribution is 2.23. The SMILES string of the molecule is O=C(NC1CCCCCC1)c1cc(-c2ccc(F)c(F)c2)on1. The van der Waals surface area contributed by atoms with Crippen LogP contribution in [0.5, 0.6) is 0 Å². The quantitative estimate of drug-likeness (QED) is 0.867. The molecule has 1 N–H and O–H groups in total. The summed E-state index contributed by atoms with van der Waals surface area (Å²) in [5.74, 6) is -1.97. The maximum Gasteiger partial charge on any atom is 0.273 e. The number of hydrogen-bond acceptors (Lipinski definition) is 3. The standard InChI is InChI=1S/C17H18F2N2O2/c18-13-8-7-11(9-14(13)19)16-10-15(21-23-16)17(22)20-12-5-3-1-2-4-6-12/h7-10,12H,1-6H2,(H,20,22). The summed E-state index contributed by atoms with van der Waals surface area (Å²) < 4.78 is 31.3. The van der Waals surface area contributed by atoms with E-state index in [0.29, 0.717) is 5.56 Å². The van der Waals surface area contributed by atoms with Gasteiger partial charge in [-0.25, -0.2) is 8.78 Å². The maximum atomic E-state index is 13.3. The molecule has 4 nitrogen and oxygen atoms in total. The molecule has 0 bridgehead atoms. The molecule has 2 aromatic rings. The first-order valence-electron chi connectivity index (χ1n) is 7.86. The second kappa shape index (κ2) is 6.89. The number of rotatable bonds is 3. The fourth-order valence-electron chi connectivity index (χ4n) is 2.85. The molecule has 6 heteroatoms. The Hall–Kier alpha value is -2.24. The van der Waals surface area contributed by atoms with Crippen molar-refractivity contribution in [2.45, 2.75) is 44.6 Å². The van der Waals surface area contributed by atoms with Crippen LogP contribution in [0.25, 0.3) is 11.3 Å². The Kier molecular flexibility index (Phi) is 4.69. The number of carbonyl (C=O) groups excluding carboxylic acids is 1. The Bertz CT molecular complexity index is 692. The van der Waals surface area contributed by atoms with E-state index in [2.05, 4.69) is 10.5 Å². The van der Waals surface area contributed by atoms with E-state index in [9.17, 15) is 13.6 Å². The molecule has 1 aliphatic rings. The number of benzene rings is 1. The molecule has 122 valence electrons. The lowest BCUT2D eigenvalue weighted by molar-refractivity contribution is 0.0924. The van der Waals surface area contributed by atoms with Gasteiger partial charge >= 0.3 is 0 Å². The fourth-order valence-corrected chi connectivity index (χ4v) is 2.85. The molecule has 1 heterocycles. The predicted molar refractivity (Wildman–Crippen MR) is 80.8 cm³/mol. The molecule has 0 radical (unpaired) electrons. The molecule has 1 aromatic carbocycles. The summed E-state index contributed by atoms with van der Waals surface area (Å²) in [5.41, 5.74) is 0.485. The van der Waals surface area contributed by atoms with Crippen molar-refractivity contribution in [3.63, 3.8) is 0 Å². The predicted octanol–water partition coefficient (Wildman–Crippen LogP) is 4.07. The van der Waals surface area contributed by atoms with Crippen molar-refractivity contribution in [1.82, 2.24) is 10.5 Å². The average molecular weight is 320 g/mol. The average Bonchev–Trinajstić information content (AvgIpc) is 2.90. The zero-order valence-electron chi connectivity index (χ0n) is 12.6. The van der Waals surface area contributed by atoms with Gasteiger partial charge in [0.15, 0.2) is 23.1 Å². The van der Waals surface area contributed by atoms with Crippen LogP contribution in [0.3, 0.4) is 0 Å². The fraction of sp³-hybridized carbons (Fsp3) is 0.412. The van der Waals surface area contributed by atoms with Crippen molar-refractivity contribution in [2.75, 3.05) is 0 Å². The number of amides is 1. The van der Waals surface area contributed by atoms with Gasteiger partial charge in [0, 0.05) is 17.7 Å². The lowest BCUT2D eigenvalue weighted by Crippen LogP contribution is -2.34. The van der Waals surface area contributed by atoms with Crippen LogP contribution in [0.4, 0.5) is 8.78 Å². The smallest absolute Gasteiger partial charge is 0.273 e. The Morgan fingerprint density at radius 1 is 1.09 bits per heavy atom. The van der Waals surface area contributed by atoms with E-state index in [-0.39, 0.29) is 23.4 Å². The number of carbonyl (C=O) groups is 1. The van der Waals surface area contributed by atoms with Crippen molar-refractivity contribution in [2.24, 2.45) is 0 Å². The normalized spacial score (nSPS) is 16.1. The van der Waals surface area contributed by atoms with Gasteiger partial charge in [-0.15, -0.1) is 0 Å². The topological polar surface area (TPSA) is 55.1 Å². The minimum Gasteiger partial charge on any atom is -0.355 e. The highest BCUT2D eigenvalue weighted by atomic mass is 19.2. The Balaban J connectivity index is 1.70. The molecule has 1 amide bonds. The van der Waals surface area contributed by atoms with E-state index < -0.39 is 11.6 Å².